The zero-order valence-electron chi connectivity index (χ0n) is 10.1. The Hall–Kier alpha value is -1.55. The highest BCUT2D eigenvalue weighted by molar-refractivity contribution is 5.94. The molecule has 0 saturated carbocycles. The predicted octanol–water partition coefficient (Wildman–Crippen LogP) is 1.26. The summed E-state index contributed by atoms with van der Waals surface area (Å²) in [7, 11) is 1.60. The number of amides is 1. The summed E-state index contributed by atoms with van der Waals surface area (Å²) >= 11 is 0. The number of benzene rings is 1. The summed E-state index contributed by atoms with van der Waals surface area (Å²) in [5.74, 6) is 0.746. The maximum Gasteiger partial charge on any atom is 0.254 e. The average molecular weight is 234 g/mol. The number of methoxy groups -OCH3 is 1. The molecule has 0 aliphatic carbocycles. The standard InChI is InChI=1S/C13H18N2O2/c1-17-12-6-2-4-10(8-12)13(16)15-7-3-5-11(14)9-15/h2,4,6,8,11H,3,5,7,9,14H2,1H3/t11-/m1/s1. The largest absolute Gasteiger partial charge is 0.497 e. The van der Waals surface area contributed by atoms with Crippen molar-refractivity contribution >= 4 is 5.91 Å². The Morgan fingerprint density at radius 3 is 3.06 bits per heavy atom. The molecule has 0 aromatic heterocycles. The van der Waals surface area contributed by atoms with Gasteiger partial charge >= 0.3 is 0 Å². The van der Waals surface area contributed by atoms with Crippen LogP contribution in [0.3, 0.4) is 0 Å². The van der Waals surface area contributed by atoms with E-state index in [0.29, 0.717) is 17.9 Å². The first-order chi connectivity index (χ1) is 8.20. The molecule has 2 rings (SSSR count). The summed E-state index contributed by atoms with van der Waals surface area (Å²) in [4.78, 5) is 14.1. The third-order valence-corrected chi connectivity index (χ3v) is 3.06. The van der Waals surface area contributed by atoms with E-state index in [1.54, 1.807) is 13.2 Å². The van der Waals surface area contributed by atoms with Gasteiger partial charge in [0, 0.05) is 24.7 Å². The van der Waals surface area contributed by atoms with Crippen LogP contribution < -0.4 is 10.5 Å². The second kappa shape index (κ2) is 5.19. The van der Waals surface area contributed by atoms with E-state index in [-0.39, 0.29) is 11.9 Å². The van der Waals surface area contributed by atoms with Crippen LogP contribution in [0.1, 0.15) is 23.2 Å². The molecule has 1 saturated heterocycles. The van der Waals surface area contributed by atoms with Gasteiger partial charge in [0.1, 0.15) is 5.75 Å². The summed E-state index contributed by atoms with van der Waals surface area (Å²) in [6.45, 7) is 1.44. The molecule has 1 amide bonds. The van der Waals surface area contributed by atoms with Crippen LogP contribution >= 0.6 is 0 Å². The quantitative estimate of drug-likeness (QED) is 0.838. The van der Waals surface area contributed by atoms with Gasteiger partial charge in [-0.05, 0) is 31.0 Å². The Kier molecular flexibility index (Phi) is 3.64. The maximum atomic E-state index is 12.2. The number of carbonyl (C=O) groups excluding carboxylic acids is 1. The van der Waals surface area contributed by atoms with Crippen molar-refractivity contribution in [1.29, 1.82) is 0 Å². The lowest BCUT2D eigenvalue weighted by Gasteiger charge is -2.30. The predicted molar refractivity (Wildman–Crippen MR) is 66.1 cm³/mol. The molecule has 1 aliphatic heterocycles. The van der Waals surface area contributed by atoms with Crippen molar-refractivity contribution < 1.29 is 9.53 Å². The molecule has 4 nitrogen and oxygen atoms in total. The highest BCUT2D eigenvalue weighted by atomic mass is 16.5. The minimum absolute atomic E-state index is 0.0408. The zero-order valence-corrected chi connectivity index (χ0v) is 10.1. The highest BCUT2D eigenvalue weighted by Gasteiger charge is 2.22. The molecule has 1 aromatic carbocycles. The van der Waals surface area contributed by atoms with Crippen molar-refractivity contribution in [1.82, 2.24) is 4.90 Å². The summed E-state index contributed by atoms with van der Waals surface area (Å²) < 4.78 is 5.12. The Morgan fingerprint density at radius 2 is 2.35 bits per heavy atom. The van der Waals surface area contributed by atoms with Crippen LogP contribution in [0.25, 0.3) is 0 Å². The van der Waals surface area contributed by atoms with Gasteiger partial charge < -0.3 is 15.4 Å². The molecule has 1 heterocycles. The summed E-state index contributed by atoms with van der Waals surface area (Å²) in [6.07, 6.45) is 1.98. The zero-order chi connectivity index (χ0) is 12.3. The lowest BCUT2D eigenvalue weighted by Crippen LogP contribution is -2.45. The highest BCUT2D eigenvalue weighted by Crippen LogP contribution is 2.17. The summed E-state index contributed by atoms with van der Waals surface area (Å²) in [6, 6.07) is 7.35. The number of likely N-dealkylation sites (tertiary alicyclic amines) is 1. The van der Waals surface area contributed by atoms with Crippen molar-refractivity contribution in [3.05, 3.63) is 29.8 Å². The van der Waals surface area contributed by atoms with Crippen LogP contribution in [0.2, 0.25) is 0 Å². The second-order valence-corrected chi connectivity index (χ2v) is 4.39. The fourth-order valence-electron chi connectivity index (χ4n) is 2.13. The SMILES string of the molecule is COc1cccc(C(=O)N2CCC[C@@H](N)C2)c1. The molecule has 92 valence electrons. The number of rotatable bonds is 2. The van der Waals surface area contributed by atoms with E-state index in [1.165, 1.54) is 0 Å². The number of carbonyl (C=O) groups is 1. The molecule has 0 bridgehead atoms. The lowest BCUT2D eigenvalue weighted by molar-refractivity contribution is 0.0708. The minimum atomic E-state index is 0.0408. The molecule has 1 aromatic rings. The van der Waals surface area contributed by atoms with Gasteiger partial charge in [-0.25, -0.2) is 0 Å². The molecule has 1 fully saturated rings. The van der Waals surface area contributed by atoms with Gasteiger partial charge in [-0.3, -0.25) is 4.79 Å². The third-order valence-electron chi connectivity index (χ3n) is 3.06. The number of nitrogens with two attached hydrogens (primary N) is 1. The van der Waals surface area contributed by atoms with E-state index in [2.05, 4.69) is 0 Å². The molecule has 1 aliphatic rings. The monoisotopic (exact) mass is 234 g/mol. The number of ether oxygens (including phenoxy) is 1. The molecule has 4 heteroatoms. The number of hydrogen-bond acceptors (Lipinski definition) is 3. The van der Waals surface area contributed by atoms with E-state index < -0.39 is 0 Å². The Balaban J connectivity index is 2.12. The van der Waals surface area contributed by atoms with Gasteiger partial charge in [-0.15, -0.1) is 0 Å². The topological polar surface area (TPSA) is 55.6 Å². The van der Waals surface area contributed by atoms with Gasteiger partial charge in [0.05, 0.1) is 7.11 Å². The first-order valence-electron chi connectivity index (χ1n) is 5.89. The molecule has 0 radical (unpaired) electrons. The third kappa shape index (κ3) is 2.77. The van der Waals surface area contributed by atoms with E-state index in [9.17, 15) is 4.79 Å². The van der Waals surface area contributed by atoms with Crippen LogP contribution in [0.15, 0.2) is 24.3 Å². The Morgan fingerprint density at radius 1 is 1.53 bits per heavy atom. The van der Waals surface area contributed by atoms with Crippen LogP contribution in [0, 0.1) is 0 Å². The van der Waals surface area contributed by atoms with E-state index in [4.69, 9.17) is 10.5 Å². The molecular formula is C13H18N2O2. The van der Waals surface area contributed by atoms with Gasteiger partial charge in [0.25, 0.3) is 5.91 Å². The molecule has 1 atom stereocenters. The van der Waals surface area contributed by atoms with Crippen molar-refractivity contribution in [2.75, 3.05) is 20.2 Å². The van der Waals surface area contributed by atoms with E-state index in [1.807, 2.05) is 23.1 Å². The van der Waals surface area contributed by atoms with Crippen molar-refractivity contribution in [2.24, 2.45) is 5.73 Å². The summed E-state index contributed by atoms with van der Waals surface area (Å²) in [5, 5.41) is 0. The van der Waals surface area contributed by atoms with Crippen LogP contribution in [0.5, 0.6) is 5.75 Å². The molecule has 17 heavy (non-hydrogen) atoms. The van der Waals surface area contributed by atoms with Crippen LogP contribution in [-0.2, 0) is 0 Å². The smallest absolute Gasteiger partial charge is 0.254 e. The number of nitrogens with zero attached hydrogens (tertiary/aromatic N) is 1. The average Bonchev–Trinajstić information content (AvgIpc) is 2.38. The van der Waals surface area contributed by atoms with Crippen molar-refractivity contribution in [3.63, 3.8) is 0 Å². The number of hydrogen-bond donors (Lipinski definition) is 1. The number of piperidine rings is 1. The molecular weight excluding hydrogens is 216 g/mol. The van der Waals surface area contributed by atoms with Crippen molar-refractivity contribution in [3.8, 4) is 5.75 Å². The lowest BCUT2D eigenvalue weighted by atomic mass is 10.1. The fourth-order valence-corrected chi connectivity index (χ4v) is 2.13. The second-order valence-electron chi connectivity index (χ2n) is 4.39. The Labute approximate surface area is 101 Å². The fraction of sp³-hybridized carbons (Fsp3) is 0.462. The summed E-state index contributed by atoms with van der Waals surface area (Å²) in [5.41, 5.74) is 6.54. The van der Waals surface area contributed by atoms with Gasteiger partial charge in [0.2, 0.25) is 0 Å². The first kappa shape index (κ1) is 11.9. The normalized spacial score (nSPS) is 20.1. The molecule has 0 unspecified atom stereocenters. The van der Waals surface area contributed by atoms with Crippen LogP contribution in [-0.4, -0.2) is 37.0 Å². The molecule has 2 N–H and O–H groups in total. The van der Waals surface area contributed by atoms with Gasteiger partial charge in [0.15, 0.2) is 0 Å². The van der Waals surface area contributed by atoms with Crippen LogP contribution in [0.4, 0.5) is 0 Å². The Bertz CT molecular complexity index is 406. The van der Waals surface area contributed by atoms with Gasteiger partial charge in [-0.2, -0.15) is 0 Å². The minimum Gasteiger partial charge on any atom is -0.497 e. The maximum absolute atomic E-state index is 12.2. The van der Waals surface area contributed by atoms with E-state index >= 15 is 0 Å². The van der Waals surface area contributed by atoms with Gasteiger partial charge in [-0.1, -0.05) is 6.07 Å². The molecule has 0 spiro atoms. The van der Waals surface area contributed by atoms with Crippen molar-refractivity contribution in [2.45, 2.75) is 18.9 Å². The van der Waals surface area contributed by atoms with E-state index in [0.717, 1.165) is 19.4 Å². The first-order valence-corrected chi connectivity index (χ1v) is 5.89.